The summed E-state index contributed by atoms with van der Waals surface area (Å²) in [7, 11) is 2.02. The number of halogens is 1. The highest BCUT2D eigenvalue weighted by Crippen LogP contribution is 2.28. The third-order valence-electron chi connectivity index (χ3n) is 3.11. The largest absolute Gasteiger partial charge is 0.345 e. The number of carbonyl (C=O) groups is 1. The highest BCUT2D eigenvalue weighted by atomic mass is 79.9. The number of rotatable bonds is 3. The molecule has 0 N–H and O–H groups in total. The van der Waals surface area contributed by atoms with Crippen molar-refractivity contribution >= 4 is 33.1 Å². The van der Waals surface area contributed by atoms with Crippen LogP contribution >= 0.6 is 15.9 Å². The summed E-state index contributed by atoms with van der Waals surface area (Å²) in [5.74, 6) is 0.0663. The van der Waals surface area contributed by atoms with Crippen molar-refractivity contribution in [2.75, 3.05) is 11.9 Å². The van der Waals surface area contributed by atoms with Gasteiger partial charge in [-0.25, -0.2) is 0 Å². The summed E-state index contributed by atoms with van der Waals surface area (Å²) in [6, 6.07) is 14.1. The average molecular weight is 318 g/mol. The first-order valence-corrected chi connectivity index (χ1v) is 6.89. The Balaban J connectivity index is 2.37. The number of hydrogen-bond acceptors (Lipinski definition) is 2. The van der Waals surface area contributed by atoms with Crippen LogP contribution in [0.2, 0.25) is 0 Å². The standard InChI is InChI=1S/C16H16BrNO/c1-11-5-4-6-13(9-11)18(3)14-7-8-15(12(2)19)16(17)10-14/h4-10H,1-3H3. The predicted octanol–water partition coefficient (Wildman–Crippen LogP) is 4.73. The van der Waals surface area contributed by atoms with E-state index in [1.54, 1.807) is 6.92 Å². The summed E-state index contributed by atoms with van der Waals surface area (Å²) < 4.78 is 0.831. The molecule has 2 aromatic carbocycles. The van der Waals surface area contributed by atoms with Crippen LogP contribution in [-0.4, -0.2) is 12.8 Å². The summed E-state index contributed by atoms with van der Waals surface area (Å²) in [5.41, 5.74) is 4.11. The van der Waals surface area contributed by atoms with Crippen LogP contribution in [0.25, 0.3) is 0 Å². The van der Waals surface area contributed by atoms with Crippen LogP contribution in [0.3, 0.4) is 0 Å². The summed E-state index contributed by atoms with van der Waals surface area (Å²) in [6.45, 7) is 3.65. The van der Waals surface area contributed by atoms with Crippen LogP contribution < -0.4 is 4.90 Å². The van der Waals surface area contributed by atoms with Crippen molar-refractivity contribution in [3.05, 3.63) is 58.1 Å². The number of Topliss-reactive ketones (excluding diaryl/α,β-unsaturated/α-hetero) is 1. The van der Waals surface area contributed by atoms with E-state index < -0.39 is 0 Å². The van der Waals surface area contributed by atoms with Crippen molar-refractivity contribution < 1.29 is 4.79 Å². The van der Waals surface area contributed by atoms with E-state index in [2.05, 4.69) is 46.0 Å². The normalized spacial score (nSPS) is 10.3. The molecule has 3 heteroatoms. The lowest BCUT2D eigenvalue weighted by Crippen LogP contribution is -2.10. The molecule has 2 rings (SSSR count). The maximum atomic E-state index is 11.4. The van der Waals surface area contributed by atoms with Gasteiger partial charge in [0.15, 0.2) is 5.78 Å². The van der Waals surface area contributed by atoms with Gasteiger partial charge in [0, 0.05) is 28.5 Å². The molecule has 2 aromatic rings. The Morgan fingerprint density at radius 3 is 2.37 bits per heavy atom. The lowest BCUT2D eigenvalue weighted by molar-refractivity contribution is 0.101. The zero-order valence-corrected chi connectivity index (χ0v) is 12.9. The molecule has 0 unspecified atom stereocenters. The summed E-state index contributed by atoms with van der Waals surface area (Å²) >= 11 is 3.46. The fourth-order valence-electron chi connectivity index (χ4n) is 1.98. The SMILES string of the molecule is CC(=O)c1ccc(N(C)c2cccc(C)c2)cc1Br. The molecule has 0 aliphatic rings. The van der Waals surface area contributed by atoms with Gasteiger partial charge in [0.25, 0.3) is 0 Å². The van der Waals surface area contributed by atoms with Crippen LogP contribution in [0, 0.1) is 6.92 Å². The Bertz CT molecular complexity index is 622. The molecule has 0 aliphatic heterocycles. The van der Waals surface area contributed by atoms with Crippen molar-refractivity contribution in [1.82, 2.24) is 0 Å². The first-order chi connectivity index (χ1) is 8.99. The minimum atomic E-state index is 0.0663. The van der Waals surface area contributed by atoms with Gasteiger partial charge >= 0.3 is 0 Å². The molecule has 0 aliphatic carbocycles. The second-order valence-electron chi connectivity index (χ2n) is 4.62. The van der Waals surface area contributed by atoms with Crippen molar-refractivity contribution in [2.45, 2.75) is 13.8 Å². The summed E-state index contributed by atoms with van der Waals surface area (Å²) in [5, 5.41) is 0. The minimum Gasteiger partial charge on any atom is -0.345 e. The Morgan fingerprint density at radius 2 is 1.79 bits per heavy atom. The number of carbonyl (C=O) groups excluding carboxylic acids is 1. The minimum absolute atomic E-state index is 0.0663. The van der Waals surface area contributed by atoms with Crippen LogP contribution in [0.4, 0.5) is 11.4 Å². The van der Waals surface area contributed by atoms with Gasteiger partial charge in [-0.3, -0.25) is 4.79 Å². The molecule has 2 nitrogen and oxygen atoms in total. The molecule has 0 aromatic heterocycles. The maximum Gasteiger partial charge on any atom is 0.160 e. The third kappa shape index (κ3) is 3.04. The molecule has 0 atom stereocenters. The number of aryl methyl sites for hydroxylation is 1. The van der Waals surface area contributed by atoms with Crippen LogP contribution in [-0.2, 0) is 0 Å². The number of ketones is 1. The molecule has 0 saturated heterocycles. The molecular formula is C16H16BrNO. The van der Waals surface area contributed by atoms with E-state index in [9.17, 15) is 4.79 Å². The second kappa shape index (κ2) is 5.57. The third-order valence-corrected chi connectivity index (χ3v) is 3.76. The Hall–Kier alpha value is -1.61. The van der Waals surface area contributed by atoms with Crippen LogP contribution in [0.1, 0.15) is 22.8 Å². The van der Waals surface area contributed by atoms with Crippen LogP contribution in [0.15, 0.2) is 46.9 Å². The highest BCUT2D eigenvalue weighted by Gasteiger charge is 2.09. The number of anilines is 2. The van der Waals surface area contributed by atoms with Gasteiger partial charge < -0.3 is 4.90 Å². The monoisotopic (exact) mass is 317 g/mol. The second-order valence-corrected chi connectivity index (χ2v) is 5.47. The Labute approximate surface area is 122 Å². The van der Waals surface area contributed by atoms with E-state index in [1.807, 2.05) is 31.3 Å². The summed E-state index contributed by atoms with van der Waals surface area (Å²) in [4.78, 5) is 13.5. The molecule has 0 spiro atoms. The number of benzene rings is 2. The topological polar surface area (TPSA) is 20.3 Å². The zero-order valence-electron chi connectivity index (χ0n) is 11.3. The number of nitrogens with zero attached hydrogens (tertiary/aromatic N) is 1. The van der Waals surface area contributed by atoms with Gasteiger partial charge in [0.2, 0.25) is 0 Å². The van der Waals surface area contributed by atoms with Crippen molar-refractivity contribution in [2.24, 2.45) is 0 Å². The van der Waals surface area contributed by atoms with Crippen molar-refractivity contribution in [3.63, 3.8) is 0 Å². The van der Waals surface area contributed by atoms with Crippen molar-refractivity contribution in [1.29, 1.82) is 0 Å². The molecule has 0 fully saturated rings. The van der Waals surface area contributed by atoms with Gasteiger partial charge in [-0.1, -0.05) is 12.1 Å². The molecule has 0 radical (unpaired) electrons. The van der Waals surface area contributed by atoms with Gasteiger partial charge in [-0.15, -0.1) is 0 Å². The van der Waals surface area contributed by atoms with E-state index in [0.717, 1.165) is 15.8 Å². The van der Waals surface area contributed by atoms with E-state index >= 15 is 0 Å². The highest BCUT2D eigenvalue weighted by molar-refractivity contribution is 9.10. The first-order valence-electron chi connectivity index (χ1n) is 6.10. The molecular weight excluding hydrogens is 302 g/mol. The molecule has 0 saturated carbocycles. The van der Waals surface area contributed by atoms with E-state index in [-0.39, 0.29) is 5.78 Å². The molecule has 98 valence electrons. The molecule has 19 heavy (non-hydrogen) atoms. The first kappa shape index (κ1) is 13.8. The molecule has 0 amide bonds. The van der Waals surface area contributed by atoms with E-state index in [4.69, 9.17) is 0 Å². The lowest BCUT2D eigenvalue weighted by Gasteiger charge is -2.20. The smallest absolute Gasteiger partial charge is 0.160 e. The van der Waals surface area contributed by atoms with Gasteiger partial charge in [0.1, 0.15) is 0 Å². The van der Waals surface area contributed by atoms with Gasteiger partial charge in [-0.05, 0) is 65.7 Å². The number of hydrogen-bond donors (Lipinski definition) is 0. The van der Waals surface area contributed by atoms with Gasteiger partial charge in [0.05, 0.1) is 0 Å². The predicted molar refractivity (Wildman–Crippen MR) is 83.4 cm³/mol. The van der Waals surface area contributed by atoms with E-state index in [0.29, 0.717) is 5.56 Å². The van der Waals surface area contributed by atoms with Gasteiger partial charge in [-0.2, -0.15) is 0 Å². The Kier molecular flexibility index (Phi) is 4.05. The van der Waals surface area contributed by atoms with E-state index in [1.165, 1.54) is 5.56 Å². The maximum absolute atomic E-state index is 11.4. The average Bonchev–Trinajstić information content (AvgIpc) is 2.37. The Morgan fingerprint density at radius 1 is 1.11 bits per heavy atom. The molecule has 0 bridgehead atoms. The zero-order chi connectivity index (χ0) is 14.0. The molecule has 0 heterocycles. The fraction of sp³-hybridized carbons (Fsp3) is 0.188. The van der Waals surface area contributed by atoms with Crippen molar-refractivity contribution in [3.8, 4) is 0 Å². The fourth-order valence-corrected chi connectivity index (χ4v) is 2.63. The quantitative estimate of drug-likeness (QED) is 0.763. The summed E-state index contributed by atoms with van der Waals surface area (Å²) in [6.07, 6.45) is 0. The lowest BCUT2D eigenvalue weighted by atomic mass is 10.1. The van der Waals surface area contributed by atoms with Crippen LogP contribution in [0.5, 0.6) is 0 Å².